The fourth-order valence-corrected chi connectivity index (χ4v) is 2.64. The predicted octanol–water partition coefficient (Wildman–Crippen LogP) is 1.44. The fourth-order valence-electron chi connectivity index (χ4n) is 2.64. The summed E-state index contributed by atoms with van der Waals surface area (Å²) < 4.78 is 0. The van der Waals surface area contributed by atoms with Gasteiger partial charge in [0.1, 0.15) is 0 Å². The topological polar surface area (TPSA) is 64.6 Å². The van der Waals surface area contributed by atoms with E-state index in [1.54, 1.807) is 0 Å². The highest BCUT2D eigenvalue weighted by atomic mass is 16.3. The molecule has 1 aliphatic heterocycles. The van der Waals surface area contributed by atoms with E-state index in [0.717, 1.165) is 37.4 Å². The molecule has 1 aromatic carbocycles. The molecular weight excluding hydrogens is 266 g/mol. The number of hydrogen-bond donors (Lipinski definition) is 3. The lowest BCUT2D eigenvalue weighted by molar-refractivity contribution is -0.123. The van der Waals surface area contributed by atoms with Gasteiger partial charge in [-0.25, -0.2) is 0 Å². The molecule has 116 valence electrons. The van der Waals surface area contributed by atoms with Gasteiger partial charge in [0, 0.05) is 31.0 Å². The molecule has 1 amide bonds. The molecule has 3 N–H and O–H groups in total. The quantitative estimate of drug-likeness (QED) is 0.742. The summed E-state index contributed by atoms with van der Waals surface area (Å²) in [5, 5.41) is 15.3. The summed E-state index contributed by atoms with van der Waals surface area (Å²) in [7, 11) is 0. The van der Waals surface area contributed by atoms with E-state index in [2.05, 4.69) is 22.5 Å². The van der Waals surface area contributed by atoms with E-state index < -0.39 is 0 Å². The Morgan fingerprint density at radius 3 is 2.67 bits per heavy atom. The Kier molecular flexibility index (Phi) is 5.20. The van der Waals surface area contributed by atoms with Crippen molar-refractivity contribution < 1.29 is 9.90 Å². The van der Waals surface area contributed by atoms with Crippen LogP contribution in [0.5, 0.6) is 0 Å². The van der Waals surface area contributed by atoms with E-state index >= 15 is 0 Å². The summed E-state index contributed by atoms with van der Waals surface area (Å²) in [6.45, 7) is 7.28. The summed E-state index contributed by atoms with van der Waals surface area (Å²) >= 11 is 0. The molecule has 1 aliphatic rings. The highest BCUT2D eigenvalue weighted by molar-refractivity contribution is 5.95. The lowest BCUT2D eigenvalue weighted by Crippen LogP contribution is -2.35. The molecule has 0 aromatic heterocycles. The van der Waals surface area contributed by atoms with Crippen molar-refractivity contribution >= 4 is 17.3 Å². The number of carbonyl (C=O) groups is 1. The van der Waals surface area contributed by atoms with Gasteiger partial charge in [-0.2, -0.15) is 0 Å². The third kappa shape index (κ3) is 3.74. The highest BCUT2D eigenvalue weighted by Gasteiger charge is 2.36. The number of hydrogen-bond acceptors (Lipinski definition) is 4. The number of aliphatic hydroxyl groups is 1. The van der Waals surface area contributed by atoms with Crippen molar-refractivity contribution in [3.8, 4) is 0 Å². The van der Waals surface area contributed by atoms with Crippen molar-refractivity contribution in [2.75, 3.05) is 43.0 Å². The van der Waals surface area contributed by atoms with Crippen LogP contribution >= 0.6 is 0 Å². The second-order valence-corrected chi connectivity index (χ2v) is 5.79. The third-order valence-electron chi connectivity index (χ3n) is 4.16. The Balaban J connectivity index is 2.00. The van der Waals surface area contributed by atoms with E-state index in [1.807, 2.05) is 31.2 Å². The Bertz CT molecular complexity index is 467. The van der Waals surface area contributed by atoms with E-state index in [-0.39, 0.29) is 17.9 Å². The fraction of sp³-hybridized carbons (Fsp3) is 0.562. The van der Waals surface area contributed by atoms with Crippen molar-refractivity contribution in [1.29, 1.82) is 0 Å². The minimum absolute atomic E-state index is 0.0722. The summed E-state index contributed by atoms with van der Waals surface area (Å²) in [6.07, 6.45) is 0.872. The van der Waals surface area contributed by atoms with Crippen LogP contribution in [-0.4, -0.2) is 43.8 Å². The molecule has 2 rings (SSSR count). The molecule has 0 radical (unpaired) electrons. The van der Waals surface area contributed by atoms with Crippen molar-refractivity contribution in [1.82, 2.24) is 5.32 Å². The van der Waals surface area contributed by atoms with Crippen LogP contribution in [-0.2, 0) is 4.79 Å². The van der Waals surface area contributed by atoms with Crippen LogP contribution in [0.2, 0.25) is 0 Å². The van der Waals surface area contributed by atoms with Crippen molar-refractivity contribution in [2.24, 2.45) is 5.41 Å². The number of amides is 1. The molecule has 5 heteroatoms. The van der Waals surface area contributed by atoms with Gasteiger partial charge < -0.3 is 20.6 Å². The largest absolute Gasteiger partial charge is 0.395 e. The van der Waals surface area contributed by atoms with E-state index in [0.29, 0.717) is 6.54 Å². The van der Waals surface area contributed by atoms with Gasteiger partial charge in [0.25, 0.3) is 0 Å². The molecule has 1 atom stereocenters. The first-order chi connectivity index (χ1) is 10.1. The average molecular weight is 291 g/mol. The van der Waals surface area contributed by atoms with Crippen molar-refractivity contribution in [3.63, 3.8) is 0 Å². The van der Waals surface area contributed by atoms with E-state index in [1.165, 1.54) is 0 Å². The van der Waals surface area contributed by atoms with Gasteiger partial charge in [-0.15, -0.1) is 0 Å². The summed E-state index contributed by atoms with van der Waals surface area (Å²) in [5.41, 5.74) is 1.56. The minimum atomic E-state index is -0.314. The summed E-state index contributed by atoms with van der Waals surface area (Å²) in [6, 6.07) is 7.78. The lowest BCUT2D eigenvalue weighted by Gasteiger charge is -2.23. The van der Waals surface area contributed by atoms with Crippen LogP contribution < -0.4 is 15.5 Å². The maximum Gasteiger partial charge on any atom is 0.231 e. The van der Waals surface area contributed by atoms with Gasteiger partial charge in [0.15, 0.2) is 0 Å². The first-order valence-electron chi connectivity index (χ1n) is 7.57. The van der Waals surface area contributed by atoms with Gasteiger partial charge in [0.05, 0.1) is 12.0 Å². The zero-order chi connectivity index (χ0) is 15.3. The monoisotopic (exact) mass is 291 g/mol. The molecule has 5 nitrogen and oxygen atoms in total. The molecule has 1 aromatic rings. The predicted molar refractivity (Wildman–Crippen MR) is 85.6 cm³/mol. The number of nitrogens with one attached hydrogen (secondary N) is 2. The van der Waals surface area contributed by atoms with Crippen LogP contribution in [0.1, 0.15) is 20.3 Å². The molecule has 0 saturated carbocycles. The zero-order valence-electron chi connectivity index (χ0n) is 12.9. The lowest BCUT2D eigenvalue weighted by atomic mass is 9.89. The zero-order valence-corrected chi connectivity index (χ0v) is 12.9. The first-order valence-corrected chi connectivity index (χ1v) is 7.57. The Hall–Kier alpha value is -1.59. The van der Waals surface area contributed by atoms with Crippen LogP contribution in [0.3, 0.4) is 0 Å². The highest BCUT2D eigenvalue weighted by Crippen LogP contribution is 2.27. The minimum Gasteiger partial charge on any atom is -0.395 e. The van der Waals surface area contributed by atoms with Crippen molar-refractivity contribution in [3.05, 3.63) is 24.3 Å². The SMILES string of the molecule is CCN(CCO)c1ccc(NC(=O)C2(C)CCNC2)cc1. The second-order valence-electron chi connectivity index (χ2n) is 5.79. The van der Waals surface area contributed by atoms with E-state index in [4.69, 9.17) is 5.11 Å². The van der Waals surface area contributed by atoms with Gasteiger partial charge in [-0.05, 0) is 51.1 Å². The standard InChI is InChI=1S/C16H25N3O2/c1-3-19(10-11-20)14-6-4-13(5-7-14)18-15(21)16(2)8-9-17-12-16/h4-7,17,20H,3,8-12H2,1-2H3,(H,18,21). The maximum absolute atomic E-state index is 12.3. The van der Waals surface area contributed by atoms with Gasteiger partial charge in [0.2, 0.25) is 5.91 Å². The Morgan fingerprint density at radius 2 is 2.14 bits per heavy atom. The molecule has 0 bridgehead atoms. The normalized spacial score (nSPS) is 21.3. The molecule has 0 aliphatic carbocycles. The number of nitrogens with zero attached hydrogens (tertiary/aromatic N) is 1. The number of likely N-dealkylation sites (N-methyl/N-ethyl adjacent to an activating group) is 1. The number of aliphatic hydroxyl groups excluding tert-OH is 1. The molecule has 1 unspecified atom stereocenters. The molecule has 1 saturated heterocycles. The number of anilines is 2. The van der Waals surface area contributed by atoms with Gasteiger partial charge in [-0.3, -0.25) is 4.79 Å². The van der Waals surface area contributed by atoms with Gasteiger partial charge in [-0.1, -0.05) is 0 Å². The van der Waals surface area contributed by atoms with Gasteiger partial charge >= 0.3 is 0 Å². The second kappa shape index (κ2) is 6.91. The van der Waals surface area contributed by atoms with Crippen LogP contribution in [0, 0.1) is 5.41 Å². The Labute approximate surface area is 126 Å². The maximum atomic E-state index is 12.3. The summed E-state index contributed by atoms with van der Waals surface area (Å²) in [4.78, 5) is 14.4. The van der Waals surface area contributed by atoms with Crippen LogP contribution in [0.25, 0.3) is 0 Å². The smallest absolute Gasteiger partial charge is 0.231 e. The molecule has 1 fully saturated rings. The molecular formula is C16H25N3O2. The summed E-state index contributed by atoms with van der Waals surface area (Å²) in [5.74, 6) is 0.0722. The van der Waals surface area contributed by atoms with Crippen molar-refractivity contribution in [2.45, 2.75) is 20.3 Å². The molecule has 0 spiro atoms. The van der Waals surface area contributed by atoms with E-state index in [9.17, 15) is 4.79 Å². The first kappa shape index (κ1) is 15.8. The molecule has 1 heterocycles. The molecule has 21 heavy (non-hydrogen) atoms. The van der Waals surface area contributed by atoms with Crippen LogP contribution in [0.4, 0.5) is 11.4 Å². The number of benzene rings is 1. The number of carbonyl (C=O) groups excluding carboxylic acids is 1. The Morgan fingerprint density at radius 1 is 1.43 bits per heavy atom. The van der Waals surface area contributed by atoms with Crippen LogP contribution in [0.15, 0.2) is 24.3 Å². The average Bonchev–Trinajstić information content (AvgIpc) is 2.94. The third-order valence-corrected chi connectivity index (χ3v) is 4.16. The number of rotatable bonds is 6.